The topological polar surface area (TPSA) is 46.6 Å². The van der Waals surface area contributed by atoms with Gasteiger partial charge in [0.25, 0.3) is 0 Å². The lowest BCUT2D eigenvalue weighted by molar-refractivity contribution is -0.116. The molecule has 0 spiro atoms. The first kappa shape index (κ1) is 11.9. The van der Waals surface area contributed by atoms with Gasteiger partial charge in [-0.3, -0.25) is 9.69 Å². The fraction of sp³-hybridized carbons (Fsp3) is 0.538. The Morgan fingerprint density at radius 1 is 1.47 bits per heavy atom. The molecule has 2 rings (SSSR count). The van der Waals surface area contributed by atoms with Crippen LogP contribution in [0.2, 0.25) is 0 Å². The first-order chi connectivity index (χ1) is 8.17. The monoisotopic (exact) mass is 235 g/mol. The number of ketones is 1. The highest BCUT2D eigenvalue weighted by molar-refractivity contribution is 5.90. The number of allylic oxidation sites excluding steroid dienone is 1. The lowest BCUT2D eigenvalue weighted by Gasteiger charge is -2.39. The molecular weight excluding hydrogens is 218 g/mol. The second kappa shape index (κ2) is 4.73. The largest absolute Gasteiger partial charge is 0.447 e. The van der Waals surface area contributed by atoms with Crippen molar-refractivity contribution in [3.8, 4) is 0 Å². The van der Waals surface area contributed by atoms with Crippen molar-refractivity contribution in [2.45, 2.75) is 31.3 Å². The van der Waals surface area contributed by atoms with Crippen molar-refractivity contribution in [3.63, 3.8) is 0 Å². The first-order valence-corrected chi connectivity index (χ1v) is 5.90. The quantitative estimate of drug-likeness (QED) is 0.552. The van der Waals surface area contributed by atoms with Crippen molar-refractivity contribution in [1.29, 1.82) is 0 Å². The smallest absolute Gasteiger partial charge is 0.410 e. The van der Waals surface area contributed by atoms with Crippen LogP contribution in [0.15, 0.2) is 25.3 Å². The van der Waals surface area contributed by atoms with E-state index in [1.165, 1.54) is 6.08 Å². The molecule has 2 fully saturated rings. The van der Waals surface area contributed by atoms with E-state index in [0.29, 0.717) is 13.0 Å². The normalized spacial score (nSPS) is 31.6. The Morgan fingerprint density at radius 2 is 2.24 bits per heavy atom. The van der Waals surface area contributed by atoms with Gasteiger partial charge in [-0.15, -0.1) is 6.58 Å². The van der Waals surface area contributed by atoms with Crippen molar-refractivity contribution in [1.82, 2.24) is 4.90 Å². The minimum atomic E-state index is -0.302. The molecule has 17 heavy (non-hydrogen) atoms. The molecule has 0 N–H and O–H groups in total. The van der Waals surface area contributed by atoms with Gasteiger partial charge in [0, 0.05) is 12.5 Å². The van der Waals surface area contributed by atoms with Gasteiger partial charge >= 0.3 is 6.09 Å². The third-order valence-electron chi connectivity index (χ3n) is 3.63. The summed E-state index contributed by atoms with van der Waals surface area (Å²) in [6.07, 6.45) is 5.03. The number of hydrogen-bond donors (Lipinski definition) is 0. The van der Waals surface area contributed by atoms with E-state index >= 15 is 0 Å². The highest BCUT2D eigenvalue weighted by Crippen LogP contribution is 2.34. The van der Waals surface area contributed by atoms with Crippen molar-refractivity contribution in [3.05, 3.63) is 25.3 Å². The van der Waals surface area contributed by atoms with E-state index in [4.69, 9.17) is 4.74 Å². The average Bonchev–Trinajstić information content (AvgIpc) is 2.71. The van der Waals surface area contributed by atoms with Crippen LogP contribution in [-0.4, -0.2) is 35.5 Å². The third-order valence-corrected chi connectivity index (χ3v) is 3.63. The fourth-order valence-electron chi connectivity index (χ4n) is 2.70. The molecule has 4 nitrogen and oxygen atoms in total. The number of carbonyl (C=O) groups is 2. The molecule has 3 atom stereocenters. The lowest BCUT2D eigenvalue weighted by Crippen LogP contribution is -2.50. The zero-order valence-corrected chi connectivity index (χ0v) is 9.80. The first-order valence-electron chi connectivity index (χ1n) is 5.90. The summed E-state index contributed by atoms with van der Waals surface area (Å²) in [7, 11) is 0. The number of fused-ring (bicyclic) bond motifs is 1. The number of carbonyl (C=O) groups excluding carboxylic acids is 2. The number of hydrogen-bond acceptors (Lipinski definition) is 3. The third kappa shape index (κ3) is 2.12. The number of cyclic esters (lactones) is 1. The van der Waals surface area contributed by atoms with Crippen molar-refractivity contribution >= 4 is 11.9 Å². The minimum absolute atomic E-state index is 0.0396. The molecule has 2 aliphatic rings. The van der Waals surface area contributed by atoms with Gasteiger partial charge in [-0.2, -0.15) is 0 Å². The van der Waals surface area contributed by atoms with Crippen LogP contribution in [0, 0.1) is 5.92 Å². The van der Waals surface area contributed by atoms with Crippen LogP contribution >= 0.6 is 0 Å². The summed E-state index contributed by atoms with van der Waals surface area (Å²) < 4.78 is 5.05. The SMILES string of the molecule is C=CC(=O)C[C@H]1[C@H](C=C)CC[C@H]2COC(=O)N21. The van der Waals surface area contributed by atoms with Crippen LogP contribution < -0.4 is 0 Å². The van der Waals surface area contributed by atoms with E-state index in [1.807, 2.05) is 6.08 Å². The Hall–Kier alpha value is -1.58. The van der Waals surface area contributed by atoms with Crippen LogP contribution in [0.3, 0.4) is 0 Å². The van der Waals surface area contributed by atoms with E-state index in [9.17, 15) is 9.59 Å². The zero-order valence-electron chi connectivity index (χ0n) is 9.80. The van der Waals surface area contributed by atoms with Crippen LogP contribution in [0.25, 0.3) is 0 Å². The maximum atomic E-state index is 11.7. The molecule has 1 amide bonds. The Balaban J connectivity index is 2.20. The second-order valence-electron chi connectivity index (χ2n) is 4.56. The van der Waals surface area contributed by atoms with Gasteiger partial charge < -0.3 is 4.74 Å². The summed E-state index contributed by atoms with van der Waals surface area (Å²) in [4.78, 5) is 24.9. The molecule has 2 aliphatic heterocycles. The maximum Gasteiger partial charge on any atom is 0.410 e. The number of piperidine rings is 1. The van der Waals surface area contributed by atoms with Crippen molar-refractivity contribution in [2.75, 3.05) is 6.61 Å². The van der Waals surface area contributed by atoms with Gasteiger partial charge in [0.05, 0.1) is 6.04 Å². The Kier molecular flexibility index (Phi) is 3.31. The van der Waals surface area contributed by atoms with Crippen LogP contribution in [0.4, 0.5) is 4.79 Å². The summed E-state index contributed by atoms with van der Waals surface area (Å²) >= 11 is 0. The highest BCUT2D eigenvalue weighted by Gasteiger charge is 2.44. The lowest BCUT2D eigenvalue weighted by atomic mass is 9.83. The standard InChI is InChI=1S/C13H17NO3/c1-3-9-5-6-10-8-17-13(16)14(10)12(9)7-11(15)4-2/h3-4,9-10,12H,1-2,5-8H2/t9-,10+,12+/m1/s1. The Morgan fingerprint density at radius 3 is 2.88 bits per heavy atom. The molecule has 4 heteroatoms. The van der Waals surface area contributed by atoms with Gasteiger partial charge in [0.1, 0.15) is 6.61 Å². The Bertz CT molecular complexity index is 364. The van der Waals surface area contributed by atoms with Crippen LogP contribution in [-0.2, 0) is 9.53 Å². The second-order valence-corrected chi connectivity index (χ2v) is 4.56. The van der Waals surface area contributed by atoms with E-state index in [1.54, 1.807) is 4.90 Å². The summed E-state index contributed by atoms with van der Waals surface area (Å²) in [5, 5.41) is 0. The molecule has 0 aromatic carbocycles. The Labute approximate surface area is 101 Å². The van der Waals surface area contributed by atoms with Crippen molar-refractivity contribution in [2.24, 2.45) is 5.92 Å². The summed E-state index contributed by atoms with van der Waals surface area (Å²) in [5.74, 6) is 0.128. The van der Waals surface area contributed by atoms with E-state index in [-0.39, 0.29) is 29.9 Å². The van der Waals surface area contributed by atoms with Crippen molar-refractivity contribution < 1.29 is 14.3 Å². The highest BCUT2D eigenvalue weighted by atomic mass is 16.6. The van der Waals surface area contributed by atoms with E-state index in [0.717, 1.165) is 12.8 Å². The molecule has 0 unspecified atom stereocenters. The maximum absolute atomic E-state index is 11.7. The van der Waals surface area contributed by atoms with Gasteiger partial charge in [-0.25, -0.2) is 4.79 Å². The zero-order chi connectivity index (χ0) is 12.4. The molecule has 0 radical (unpaired) electrons. The van der Waals surface area contributed by atoms with Gasteiger partial charge in [0.15, 0.2) is 5.78 Å². The predicted molar refractivity (Wildman–Crippen MR) is 63.5 cm³/mol. The molecule has 0 saturated carbocycles. The number of rotatable bonds is 4. The van der Waals surface area contributed by atoms with Crippen LogP contribution in [0.1, 0.15) is 19.3 Å². The predicted octanol–water partition coefficient (Wildman–Crippen LogP) is 1.92. The minimum Gasteiger partial charge on any atom is -0.447 e. The van der Waals surface area contributed by atoms with Gasteiger partial charge in [-0.1, -0.05) is 12.7 Å². The molecule has 0 aromatic rings. The summed E-state index contributed by atoms with van der Waals surface area (Å²) in [6, 6.07) is 0.00747. The molecule has 2 heterocycles. The molecule has 0 aromatic heterocycles. The number of nitrogens with zero attached hydrogens (tertiary/aromatic N) is 1. The van der Waals surface area contributed by atoms with Gasteiger partial charge in [0.2, 0.25) is 0 Å². The molecular formula is C13H17NO3. The summed E-state index contributed by atoms with van der Waals surface area (Å²) in [5.41, 5.74) is 0. The van der Waals surface area contributed by atoms with E-state index < -0.39 is 0 Å². The average molecular weight is 235 g/mol. The molecule has 92 valence electrons. The molecule has 2 saturated heterocycles. The number of ether oxygens (including phenoxy) is 1. The van der Waals surface area contributed by atoms with Crippen LogP contribution in [0.5, 0.6) is 0 Å². The molecule has 0 aliphatic carbocycles. The number of amides is 1. The van der Waals surface area contributed by atoms with Gasteiger partial charge in [-0.05, 0) is 24.8 Å². The molecule has 0 bridgehead atoms. The fourth-order valence-corrected chi connectivity index (χ4v) is 2.70. The van der Waals surface area contributed by atoms with E-state index in [2.05, 4.69) is 13.2 Å². The summed E-state index contributed by atoms with van der Waals surface area (Å²) in [6.45, 7) is 7.71.